The van der Waals surface area contributed by atoms with E-state index in [1.807, 2.05) is 55.3 Å². The van der Waals surface area contributed by atoms with Crippen molar-refractivity contribution in [2.75, 3.05) is 19.1 Å². The molecule has 1 heterocycles. The van der Waals surface area contributed by atoms with Crippen molar-refractivity contribution >= 4 is 11.7 Å². The molecule has 2 rings (SSSR count). The summed E-state index contributed by atoms with van der Waals surface area (Å²) >= 11 is 0. The first-order valence-electron chi connectivity index (χ1n) is 6.43. The molecule has 0 N–H and O–H groups in total. The number of esters is 1. The molecule has 0 bridgehead atoms. The number of carbonyl (C=O) groups excluding carboxylic acids is 1. The Kier molecular flexibility index (Phi) is 4.35. The maximum atomic E-state index is 11.8. The fourth-order valence-corrected chi connectivity index (χ4v) is 2.10. The average molecular weight is 270 g/mol. The lowest BCUT2D eigenvalue weighted by molar-refractivity contribution is 0.0601. The predicted molar refractivity (Wildman–Crippen MR) is 78.9 cm³/mol. The van der Waals surface area contributed by atoms with E-state index in [0.29, 0.717) is 12.1 Å². The molecular formula is C16H18N2O2. The minimum absolute atomic E-state index is 0.329. The van der Waals surface area contributed by atoms with Crippen LogP contribution in [0.5, 0.6) is 0 Å². The Morgan fingerprint density at radius 2 is 1.95 bits per heavy atom. The molecule has 104 valence electrons. The molecule has 0 spiro atoms. The van der Waals surface area contributed by atoms with Crippen LogP contribution < -0.4 is 4.90 Å². The maximum absolute atomic E-state index is 11.8. The van der Waals surface area contributed by atoms with Gasteiger partial charge in [-0.25, -0.2) is 4.79 Å². The summed E-state index contributed by atoms with van der Waals surface area (Å²) in [5, 5.41) is 0. The number of methoxy groups -OCH3 is 1. The van der Waals surface area contributed by atoms with Crippen molar-refractivity contribution in [2.45, 2.75) is 13.5 Å². The summed E-state index contributed by atoms with van der Waals surface area (Å²) in [6.45, 7) is 2.60. The zero-order chi connectivity index (χ0) is 14.5. The number of carbonyl (C=O) groups is 1. The molecule has 0 atom stereocenters. The molecule has 0 saturated heterocycles. The lowest BCUT2D eigenvalue weighted by Gasteiger charge is -2.21. The fourth-order valence-electron chi connectivity index (χ4n) is 2.10. The number of aromatic nitrogens is 1. The van der Waals surface area contributed by atoms with Gasteiger partial charge in [-0.1, -0.05) is 18.2 Å². The van der Waals surface area contributed by atoms with Crippen molar-refractivity contribution in [2.24, 2.45) is 0 Å². The Balaban J connectivity index is 2.25. The highest BCUT2D eigenvalue weighted by molar-refractivity contribution is 5.95. The number of para-hydroxylation sites is 1. The van der Waals surface area contributed by atoms with Crippen LogP contribution in [-0.2, 0) is 11.3 Å². The van der Waals surface area contributed by atoms with Crippen LogP contribution in [0.4, 0.5) is 5.69 Å². The highest BCUT2D eigenvalue weighted by atomic mass is 16.5. The molecule has 4 heteroatoms. The quantitative estimate of drug-likeness (QED) is 0.801. The number of aryl methyl sites for hydroxylation is 1. The van der Waals surface area contributed by atoms with E-state index in [-0.39, 0.29) is 5.97 Å². The molecule has 0 aliphatic rings. The van der Waals surface area contributed by atoms with Gasteiger partial charge in [0, 0.05) is 12.7 Å². The molecule has 1 aromatic heterocycles. The minimum Gasteiger partial charge on any atom is -0.465 e. The van der Waals surface area contributed by atoms with Crippen molar-refractivity contribution < 1.29 is 9.53 Å². The van der Waals surface area contributed by atoms with Gasteiger partial charge < -0.3 is 9.64 Å². The Morgan fingerprint density at radius 1 is 1.20 bits per heavy atom. The van der Waals surface area contributed by atoms with Gasteiger partial charge in [0.25, 0.3) is 0 Å². The van der Waals surface area contributed by atoms with E-state index >= 15 is 0 Å². The Labute approximate surface area is 119 Å². The summed E-state index contributed by atoms with van der Waals surface area (Å²) in [5.74, 6) is -0.329. The molecule has 0 aliphatic carbocycles. The molecular weight excluding hydrogens is 252 g/mol. The molecule has 20 heavy (non-hydrogen) atoms. The number of pyridine rings is 1. The van der Waals surface area contributed by atoms with Gasteiger partial charge in [0.2, 0.25) is 0 Å². The summed E-state index contributed by atoms with van der Waals surface area (Å²) in [6.07, 6.45) is 0. The van der Waals surface area contributed by atoms with Crippen LogP contribution in [0, 0.1) is 6.92 Å². The Bertz CT molecular complexity index is 611. The van der Waals surface area contributed by atoms with E-state index in [2.05, 4.69) is 4.98 Å². The summed E-state index contributed by atoms with van der Waals surface area (Å²) in [5.41, 5.74) is 3.34. The van der Waals surface area contributed by atoms with Gasteiger partial charge in [-0.15, -0.1) is 0 Å². The smallest absolute Gasteiger partial charge is 0.339 e. The number of hydrogen-bond acceptors (Lipinski definition) is 4. The SMILES string of the molecule is COC(=O)c1ccccc1N(C)Cc1cccc(C)n1. The summed E-state index contributed by atoms with van der Waals surface area (Å²) < 4.78 is 4.82. The lowest BCUT2D eigenvalue weighted by Crippen LogP contribution is -2.20. The van der Waals surface area contributed by atoms with E-state index in [1.54, 1.807) is 6.07 Å². The monoisotopic (exact) mass is 270 g/mol. The second-order valence-electron chi connectivity index (χ2n) is 4.64. The van der Waals surface area contributed by atoms with Crippen LogP contribution in [0.2, 0.25) is 0 Å². The average Bonchev–Trinajstić information content (AvgIpc) is 2.46. The number of rotatable bonds is 4. The van der Waals surface area contributed by atoms with Gasteiger partial charge >= 0.3 is 5.97 Å². The first-order chi connectivity index (χ1) is 9.61. The van der Waals surface area contributed by atoms with Crippen LogP contribution in [-0.4, -0.2) is 25.1 Å². The van der Waals surface area contributed by atoms with Gasteiger partial charge in [-0.2, -0.15) is 0 Å². The van der Waals surface area contributed by atoms with E-state index < -0.39 is 0 Å². The molecule has 4 nitrogen and oxygen atoms in total. The minimum atomic E-state index is -0.329. The van der Waals surface area contributed by atoms with Crippen LogP contribution in [0.1, 0.15) is 21.7 Å². The Morgan fingerprint density at radius 3 is 2.65 bits per heavy atom. The van der Waals surface area contributed by atoms with Crippen molar-refractivity contribution in [1.29, 1.82) is 0 Å². The normalized spacial score (nSPS) is 10.2. The summed E-state index contributed by atoms with van der Waals surface area (Å²) in [4.78, 5) is 18.3. The van der Waals surface area contributed by atoms with Gasteiger partial charge in [0.05, 0.1) is 30.6 Å². The van der Waals surface area contributed by atoms with Crippen molar-refractivity contribution in [3.8, 4) is 0 Å². The largest absolute Gasteiger partial charge is 0.465 e. The molecule has 0 fully saturated rings. The molecule has 1 aromatic carbocycles. The van der Waals surface area contributed by atoms with Crippen molar-refractivity contribution in [1.82, 2.24) is 4.98 Å². The number of ether oxygens (including phenoxy) is 1. The van der Waals surface area contributed by atoms with E-state index in [1.165, 1.54) is 7.11 Å². The predicted octanol–water partition coefficient (Wildman–Crippen LogP) is 2.81. The van der Waals surface area contributed by atoms with E-state index in [4.69, 9.17) is 4.74 Å². The van der Waals surface area contributed by atoms with E-state index in [9.17, 15) is 4.79 Å². The van der Waals surface area contributed by atoms with Crippen molar-refractivity contribution in [3.05, 3.63) is 59.4 Å². The summed E-state index contributed by atoms with van der Waals surface area (Å²) in [7, 11) is 3.33. The fraction of sp³-hybridized carbons (Fsp3) is 0.250. The van der Waals surface area contributed by atoms with Gasteiger partial charge in [-0.05, 0) is 31.2 Å². The first kappa shape index (κ1) is 14.1. The molecule has 0 unspecified atom stereocenters. The van der Waals surface area contributed by atoms with Crippen LogP contribution in [0.15, 0.2) is 42.5 Å². The van der Waals surface area contributed by atoms with Crippen molar-refractivity contribution in [3.63, 3.8) is 0 Å². The number of benzene rings is 1. The summed E-state index contributed by atoms with van der Waals surface area (Å²) in [6, 6.07) is 13.3. The van der Waals surface area contributed by atoms with Crippen LogP contribution in [0.3, 0.4) is 0 Å². The zero-order valence-electron chi connectivity index (χ0n) is 12.0. The second kappa shape index (κ2) is 6.19. The zero-order valence-corrected chi connectivity index (χ0v) is 12.0. The number of anilines is 1. The third-order valence-electron chi connectivity index (χ3n) is 3.07. The molecule has 0 saturated carbocycles. The van der Waals surface area contributed by atoms with Crippen LogP contribution in [0.25, 0.3) is 0 Å². The standard InChI is InChI=1S/C16H18N2O2/c1-12-7-6-8-13(17-12)11-18(2)15-10-5-4-9-14(15)16(19)20-3/h4-10H,11H2,1-3H3. The third kappa shape index (κ3) is 3.15. The van der Waals surface area contributed by atoms with E-state index in [0.717, 1.165) is 17.1 Å². The molecule has 2 aromatic rings. The molecule has 0 aliphatic heterocycles. The Hall–Kier alpha value is -2.36. The van der Waals surface area contributed by atoms with Gasteiger partial charge in [0.1, 0.15) is 0 Å². The van der Waals surface area contributed by atoms with Gasteiger partial charge in [-0.3, -0.25) is 4.98 Å². The second-order valence-corrected chi connectivity index (χ2v) is 4.64. The lowest BCUT2D eigenvalue weighted by atomic mass is 10.1. The van der Waals surface area contributed by atoms with Gasteiger partial charge in [0.15, 0.2) is 0 Å². The van der Waals surface area contributed by atoms with Crippen LogP contribution >= 0.6 is 0 Å². The highest BCUT2D eigenvalue weighted by Gasteiger charge is 2.14. The molecule has 0 amide bonds. The maximum Gasteiger partial charge on any atom is 0.339 e. The third-order valence-corrected chi connectivity index (χ3v) is 3.07. The highest BCUT2D eigenvalue weighted by Crippen LogP contribution is 2.21. The number of nitrogens with zero attached hydrogens (tertiary/aromatic N) is 2. The first-order valence-corrected chi connectivity index (χ1v) is 6.43. The molecule has 0 radical (unpaired) electrons. The topological polar surface area (TPSA) is 42.4 Å². The number of hydrogen-bond donors (Lipinski definition) is 0.